The minimum absolute atomic E-state index is 0.0752. The molecule has 26 heavy (non-hydrogen) atoms. The Kier molecular flexibility index (Phi) is 6.89. The number of methoxy groups -OCH3 is 1. The number of hydrogen-bond donors (Lipinski definition) is 1. The molecule has 1 aromatic rings. The van der Waals surface area contributed by atoms with Crippen LogP contribution in [0.2, 0.25) is 0 Å². The largest absolute Gasteiger partial charge is 0.497 e. The minimum Gasteiger partial charge on any atom is -0.497 e. The van der Waals surface area contributed by atoms with Crippen LogP contribution in [-0.2, 0) is 4.79 Å². The third kappa shape index (κ3) is 4.90. The van der Waals surface area contributed by atoms with E-state index in [1.165, 1.54) is 0 Å². The molecule has 0 bridgehead atoms. The molecule has 1 N–H and O–H groups in total. The number of carbonyl (C=O) groups excluding carboxylic acids is 1. The molecular formula is C20H29NO5. The Morgan fingerprint density at radius 2 is 2.08 bits per heavy atom. The highest BCUT2D eigenvalue weighted by molar-refractivity contribution is 5.97. The van der Waals surface area contributed by atoms with Gasteiger partial charge in [0.1, 0.15) is 11.5 Å². The maximum absolute atomic E-state index is 13.0. The maximum atomic E-state index is 13.0. The second-order valence-corrected chi connectivity index (χ2v) is 7.35. The highest BCUT2D eigenvalue weighted by Gasteiger charge is 2.34. The molecule has 2 rings (SSSR count). The quantitative estimate of drug-likeness (QED) is 0.804. The second-order valence-electron chi connectivity index (χ2n) is 7.35. The highest BCUT2D eigenvalue weighted by atomic mass is 16.5. The molecule has 0 aromatic heterocycles. The van der Waals surface area contributed by atoms with Gasteiger partial charge >= 0.3 is 5.97 Å². The molecule has 0 spiro atoms. The Balaban J connectivity index is 2.15. The normalized spacial score (nSPS) is 20.1. The second kappa shape index (κ2) is 8.92. The van der Waals surface area contributed by atoms with E-state index in [2.05, 4.69) is 13.8 Å². The van der Waals surface area contributed by atoms with Gasteiger partial charge in [0.15, 0.2) is 0 Å². The van der Waals surface area contributed by atoms with E-state index in [-0.39, 0.29) is 11.8 Å². The van der Waals surface area contributed by atoms with Crippen molar-refractivity contribution in [2.45, 2.75) is 33.6 Å². The van der Waals surface area contributed by atoms with Crippen molar-refractivity contribution in [3.63, 3.8) is 0 Å². The van der Waals surface area contributed by atoms with E-state index in [0.717, 1.165) is 6.42 Å². The number of rotatable bonds is 7. The lowest BCUT2D eigenvalue weighted by atomic mass is 9.87. The number of carboxylic acids is 1. The van der Waals surface area contributed by atoms with Crippen molar-refractivity contribution in [3.05, 3.63) is 23.8 Å². The van der Waals surface area contributed by atoms with Crippen molar-refractivity contribution < 1.29 is 24.2 Å². The summed E-state index contributed by atoms with van der Waals surface area (Å²) >= 11 is 0. The van der Waals surface area contributed by atoms with Crippen molar-refractivity contribution in [1.29, 1.82) is 0 Å². The summed E-state index contributed by atoms with van der Waals surface area (Å²) in [5.74, 6) is 0.290. The molecule has 144 valence electrons. The maximum Gasteiger partial charge on any atom is 0.306 e. The zero-order chi connectivity index (χ0) is 19.3. The monoisotopic (exact) mass is 363 g/mol. The van der Waals surface area contributed by atoms with E-state index in [9.17, 15) is 14.7 Å². The molecule has 0 saturated carbocycles. The molecule has 1 saturated heterocycles. The Labute approximate surface area is 155 Å². The van der Waals surface area contributed by atoms with Crippen LogP contribution < -0.4 is 9.47 Å². The van der Waals surface area contributed by atoms with E-state index in [0.29, 0.717) is 49.1 Å². The van der Waals surface area contributed by atoms with Gasteiger partial charge in [-0.05, 0) is 36.8 Å². The van der Waals surface area contributed by atoms with Crippen molar-refractivity contribution in [2.24, 2.45) is 17.8 Å². The SMILES string of the molecule is COc1ccc(C(=O)N2CCC(C(=O)O)C(C)C2)c(OCCC(C)C)c1. The van der Waals surface area contributed by atoms with Crippen LogP contribution in [0.5, 0.6) is 11.5 Å². The summed E-state index contributed by atoms with van der Waals surface area (Å²) in [5.41, 5.74) is 0.496. The minimum atomic E-state index is -0.785. The number of likely N-dealkylation sites (tertiary alicyclic amines) is 1. The van der Waals surface area contributed by atoms with Crippen LogP contribution in [0.1, 0.15) is 44.0 Å². The summed E-state index contributed by atoms with van der Waals surface area (Å²) in [4.78, 5) is 26.0. The number of nitrogens with zero attached hydrogens (tertiary/aromatic N) is 1. The molecular weight excluding hydrogens is 334 g/mol. The van der Waals surface area contributed by atoms with E-state index in [1.807, 2.05) is 6.92 Å². The first-order chi connectivity index (χ1) is 12.3. The molecule has 6 nitrogen and oxygen atoms in total. The molecule has 0 radical (unpaired) electrons. The third-order valence-electron chi connectivity index (χ3n) is 4.88. The zero-order valence-electron chi connectivity index (χ0n) is 16.0. The van der Waals surface area contributed by atoms with E-state index < -0.39 is 11.9 Å². The lowest BCUT2D eigenvalue weighted by molar-refractivity contribution is -0.145. The van der Waals surface area contributed by atoms with Gasteiger partial charge in [0.2, 0.25) is 0 Å². The van der Waals surface area contributed by atoms with Crippen molar-refractivity contribution >= 4 is 11.9 Å². The van der Waals surface area contributed by atoms with Crippen LogP contribution in [0.15, 0.2) is 18.2 Å². The van der Waals surface area contributed by atoms with Gasteiger partial charge in [-0.2, -0.15) is 0 Å². The van der Waals surface area contributed by atoms with Gasteiger partial charge in [-0.15, -0.1) is 0 Å². The zero-order valence-corrected chi connectivity index (χ0v) is 16.0. The molecule has 1 heterocycles. The molecule has 0 aliphatic carbocycles. The average Bonchev–Trinajstić information content (AvgIpc) is 2.60. The summed E-state index contributed by atoms with van der Waals surface area (Å²) in [6, 6.07) is 5.21. The van der Waals surface area contributed by atoms with Crippen LogP contribution in [0.25, 0.3) is 0 Å². The van der Waals surface area contributed by atoms with Crippen molar-refractivity contribution in [1.82, 2.24) is 4.90 Å². The lowest BCUT2D eigenvalue weighted by Gasteiger charge is -2.35. The Morgan fingerprint density at radius 3 is 2.65 bits per heavy atom. The van der Waals surface area contributed by atoms with Gasteiger partial charge in [0.25, 0.3) is 5.91 Å². The van der Waals surface area contributed by atoms with Crippen molar-refractivity contribution in [2.75, 3.05) is 26.8 Å². The molecule has 1 aromatic carbocycles. The number of carbonyl (C=O) groups is 2. The van der Waals surface area contributed by atoms with Crippen molar-refractivity contribution in [3.8, 4) is 11.5 Å². The molecule has 6 heteroatoms. The predicted molar refractivity (Wildman–Crippen MR) is 98.8 cm³/mol. The third-order valence-corrected chi connectivity index (χ3v) is 4.88. The van der Waals surface area contributed by atoms with Gasteiger partial charge in [-0.1, -0.05) is 20.8 Å². The first kappa shape index (κ1) is 20.1. The Bertz CT molecular complexity index is 643. The Morgan fingerprint density at radius 1 is 1.35 bits per heavy atom. The molecule has 1 amide bonds. The summed E-state index contributed by atoms with van der Waals surface area (Å²) in [7, 11) is 1.58. The molecule has 1 fully saturated rings. The topological polar surface area (TPSA) is 76.1 Å². The standard InChI is InChI=1S/C20H29NO5/c1-13(2)8-10-26-18-11-15(25-4)5-6-17(18)19(22)21-9-7-16(20(23)24)14(3)12-21/h5-6,11,13-14,16H,7-10,12H2,1-4H3,(H,23,24). The van der Waals surface area contributed by atoms with Gasteiger partial charge in [-0.3, -0.25) is 9.59 Å². The first-order valence-corrected chi connectivity index (χ1v) is 9.16. The Hall–Kier alpha value is -2.24. The molecule has 1 aliphatic heterocycles. The van der Waals surface area contributed by atoms with E-state index in [4.69, 9.17) is 9.47 Å². The number of hydrogen-bond acceptors (Lipinski definition) is 4. The first-order valence-electron chi connectivity index (χ1n) is 9.16. The molecule has 1 aliphatic rings. The number of carboxylic acid groups (broad SMARTS) is 1. The smallest absolute Gasteiger partial charge is 0.306 e. The van der Waals surface area contributed by atoms with E-state index >= 15 is 0 Å². The van der Waals surface area contributed by atoms with Gasteiger partial charge < -0.3 is 19.5 Å². The van der Waals surface area contributed by atoms with Crippen LogP contribution >= 0.6 is 0 Å². The average molecular weight is 363 g/mol. The van der Waals surface area contributed by atoms with Gasteiger partial charge in [-0.25, -0.2) is 0 Å². The highest BCUT2D eigenvalue weighted by Crippen LogP contribution is 2.29. The predicted octanol–water partition coefficient (Wildman–Crippen LogP) is 3.30. The number of benzene rings is 1. The van der Waals surface area contributed by atoms with Crippen LogP contribution in [0.3, 0.4) is 0 Å². The fraction of sp³-hybridized carbons (Fsp3) is 0.600. The van der Waals surface area contributed by atoms with Crippen LogP contribution in [-0.4, -0.2) is 48.7 Å². The van der Waals surface area contributed by atoms with Gasteiger partial charge in [0, 0.05) is 19.2 Å². The fourth-order valence-corrected chi connectivity index (χ4v) is 3.20. The number of aliphatic carboxylic acids is 1. The van der Waals surface area contributed by atoms with Crippen LogP contribution in [0, 0.1) is 17.8 Å². The lowest BCUT2D eigenvalue weighted by Crippen LogP contribution is -2.45. The van der Waals surface area contributed by atoms with Crippen LogP contribution in [0.4, 0.5) is 0 Å². The number of piperidine rings is 1. The summed E-state index contributed by atoms with van der Waals surface area (Å²) in [6.07, 6.45) is 1.37. The number of amides is 1. The summed E-state index contributed by atoms with van der Waals surface area (Å²) in [6.45, 7) is 7.53. The van der Waals surface area contributed by atoms with Gasteiger partial charge in [0.05, 0.1) is 25.2 Å². The fourth-order valence-electron chi connectivity index (χ4n) is 3.20. The summed E-state index contributed by atoms with van der Waals surface area (Å²) in [5, 5.41) is 9.26. The number of ether oxygens (including phenoxy) is 2. The van der Waals surface area contributed by atoms with E-state index in [1.54, 1.807) is 30.2 Å². The summed E-state index contributed by atoms with van der Waals surface area (Å²) < 4.78 is 11.1. The molecule has 2 unspecified atom stereocenters. The molecule has 2 atom stereocenters.